The summed E-state index contributed by atoms with van der Waals surface area (Å²) in [5.41, 5.74) is 1.25. The quantitative estimate of drug-likeness (QED) is 0.826. The van der Waals surface area contributed by atoms with Crippen molar-refractivity contribution in [3.8, 4) is 11.5 Å². The maximum atomic E-state index is 12.7. The minimum absolute atomic E-state index is 0.410. The predicted molar refractivity (Wildman–Crippen MR) is 92.3 cm³/mol. The zero-order chi connectivity index (χ0) is 17.0. The summed E-state index contributed by atoms with van der Waals surface area (Å²) in [5, 5.41) is 0. The fourth-order valence-electron chi connectivity index (χ4n) is 8.07. The van der Waals surface area contributed by atoms with E-state index in [1.54, 1.807) is 14.2 Å². The van der Waals surface area contributed by atoms with Crippen LogP contribution in [-0.2, 0) is 11.3 Å². The number of ketones is 1. The first-order chi connectivity index (χ1) is 12.2. The second-order valence-corrected chi connectivity index (χ2v) is 8.92. The van der Waals surface area contributed by atoms with E-state index in [-0.39, 0.29) is 0 Å². The van der Waals surface area contributed by atoms with Crippen molar-refractivity contribution in [3.05, 3.63) is 23.8 Å². The monoisotopic (exact) mass is 339 g/mol. The number of rotatable bonds is 5. The maximum Gasteiger partial charge on any atom is 0.161 e. The molecule has 0 amide bonds. The van der Waals surface area contributed by atoms with E-state index in [0.29, 0.717) is 35.5 Å². The van der Waals surface area contributed by atoms with Crippen LogP contribution in [0.2, 0.25) is 0 Å². The summed E-state index contributed by atoms with van der Waals surface area (Å²) in [7, 11) is 5.62. The largest absolute Gasteiger partial charge is 0.493 e. The third kappa shape index (κ3) is 1.49. The van der Waals surface area contributed by atoms with Gasteiger partial charge in [-0.15, -0.1) is 0 Å². The number of hydrogen-bond donors (Lipinski definition) is 0. The number of ether oxygens (including phenoxy) is 2. The Morgan fingerprint density at radius 1 is 1.00 bits per heavy atom. The third-order valence-electron chi connectivity index (χ3n) is 8.46. The minimum Gasteiger partial charge on any atom is -0.493 e. The Morgan fingerprint density at radius 2 is 1.80 bits per heavy atom. The molecule has 5 saturated carbocycles. The number of carbonyl (C=O) groups excluding carboxylic acids is 1. The van der Waals surface area contributed by atoms with E-state index >= 15 is 0 Å². The molecule has 1 aromatic rings. The van der Waals surface area contributed by atoms with Crippen molar-refractivity contribution in [1.29, 1.82) is 0 Å². The van der Waals surface area contributed by atoms with Crippen LogP contribution < -0.4 is 9.47 Å². The average Bonchev–Trinajstić information content (AvgIpc) is 3.13. The predicted octanol–water partition coefficient (Wildman–Crippen LogP) is 2.46. The lowest BCUT2D eigenvalue weighted by Crippen LogP contribution is -2.54. The lowest BCUT2D eigenvalue weighted by atomic mass is 9.58. The van der Waals surface area contributed by atoms with Crippen molar-refractivity contribution in [1.82, 2.24) is 4.90 Å². The van der Waals surface area contributed by atoms with Crippen molar-refractivity contribution in [2.24, 2.45) is 47.3 Å². The molecule has 132 valence electrons. The van der Waals surface area contributed by atoms with Crippen LogP contribution in [0.25, 0.3) is 0 Å². The van der Waals surface area contributed by atoms with Crippen LogP contribution in [0.4, 0.5) is 0 Å². The van der Waals surface area contributed by atoms with E-state index < -0.39 is 0 Å². The van der Waals surface area contributed by atoms with E-state index in [1.165, 1.54) is 12.0 Å². The second-order valence-electron chi connectivity index (χ2n) is 8.92. The Morgan fingerprint density at radius 3 is 2.56 bits per heavy atom. The van der Waals surface area contributed by atoms with E-state index in [0.717, 1.165) is 41.7 Å². The van der Waals surface area contributed by atoms with Gasteiger partial charge in [-0.3, -0.25) is 9.69 Å². The molecule has 0 N–H and O–H groups in total. The maximum absolute atomic E-state index is 12.7. The van der Waals surface area contributed by atoms with Gasteiger partial charge >= 0.3 is 0 Å². The first-order valence-corrected chi connectivity index (χ1v) is 9.60. The fraction of sp³-hybridized carbons (Fsp3) is 0.667. The van der Waals surface area contributed by atoms with Gasteiger partial charge in [0.05, 0.1) is 14.2 Å². The molecule has 0 saturated heterocycles. The SMILES string of the molecule is COc1ccc(CN(C)[C@H]2C3C4CC5C3C(=O)C3C5C4C32)cc1OC. The molecule has 2 bridgehead atoms. The van der Waals surface area contributed by atoms with Crippen molar-refractivity contribution in [3.63, 3.8) is 0 Å². The summed E-state index contributed by atoms with van der Waals surface area (Å²) in [6, 6.07) is 6.83. The minimum atomic E-state index is 0.410. The van der Waals surface area contributed by atoms with Gasteiger partial charge in [0.2, 0.25) is 0 Å². The highest BCUT2D eigenvalue weighted by Gasteiger charge is 2.83. The number of fused-ring (bicyclic) bond motifs is 2. The van der Waals surface area contributed by atoms with Crippen LogP contribution in [0.1, 0.15) is 12.0 Å². The molecule has 0 radical (unpaired) electrons. The van der Waals surface area contributed by atoms with Gasteiger partial charge in [0, 0.05) is 24.4 Å². The van der Waals surface area contributed by atoms with Crippen LogP contribution in [0.5, 0.6) is 11.5 Å². The molecule has 0 spiro atoms. The van der Waals surface area contributed by atoms with Crippen molar-refractivity contribution < 1.29 is 14.3 Å². The zero-order valence-corrected chi connectivity index (χ0v) is 15.0. The Balaban J connectivity index is 1.28. The van der Waals surface area contributed by atoms with Crippen LogP contribution in [0, 0.1) is 47.3 Å². The topological polar surface area (TPSA) is 38.8 Å². The lowest BCUT2D eigenvalue weighted by Gasteiger charge is -2.48. The molecule has 8 unspecified atom stereocenters. The standard InChI is InChI=1S/C21H25NO3/c1-22(8-9-4-5-12(24-2)13(6-9)25-3)20-16-10-7-11-15-14(10)18(20)19(15)21(23)17(11)16/h4-6,10-11,14-20H,7-8H2,1-3H3/t10?,11?,14?,15?,16?,17?,18?,19?,20-/m0/s1. The lowest BCUT2D eigenvalue weighted by molar-refractivity contribution is -0.137. The van der Waals surface area contributed by atoms with Crippen LogP contribution in [0.3, 0.4) is 0 Å². The fourth-order valence-corrected chi connectivity index (χ4v) is 8.07. The molecular formula is C21H25NO3. The summed E-state index contributed by atoms with van der Waals surface area (Å²) in [5.74, 6) is 7.62. The van der Waals surface area contributed by atoms with Crippen molar-refractivity contribution in [2.45, 2.75) is 19.0 Å². The Labute approximate surface area is 148 Å². The summed E-state index contributed by atoms with van der Waals surface area (Å²) < 4.78 is 10.8. The van der Waals surface area contributed by atoms with Gasteiger partial charge in [-0.1, -0.05) is 6.07 Å². The van der Waals surface area contributed by atoms with Gasteiger partial charge in [0.25, 0.3) is 0 Å². The van der Waals surface area contributed by atoms with Crippen LogP contribution >= 0.6 is 0 Å². The highest BCUT2D eigenvalue weighted by atomic mass is 16.5. The van der Waals surface area contributed by atoms with E-state index in [1.807, 2.05) is 6.07 Å². The Hall–Kier alpha value is -1.55. The molecule has 5 fully saturated rings. The summed E-state index contributed by atoms with van der Waals surface area (Å²) in [6.45, 7) is 0.917. The molecule has 0 aliphatic heterocycles. The highest BCUT2D eigenvalue weighted by molar-refractivity contribution is 5.91. The van der Waals surface area contributed by atoms with Gasteiger partial charge in [-0.25, -0.2) is 0 Å². The molecule has 4 heteroatoms. The number of methoxy groups -OCH3 is 2. The molecule has 1 aromatic carbocycles. The van der Waals surface area contributed by atoms with Gasteiger partial charge in [-0.2, -0.15) is 0 Å². The first-order valence-electron chi connectivity index (χ1n) is 9.60. The smallest absolute Gasteiger partial charge is 0.161 e. The Bertz CT molecular complexity index is 776. The molecule has 9 atom stereocenters. The zero-order valence-electron chi connectivity index (χ0n) is 15.0. The van der Waals surface area contributed by atoms with Crippen LogP contribution in [-0.4, -0.2) is 38.0 Å². The molecule has 5 aliphatic carbocycles. The first kappa shape index (κ1) is 14.6. The number of nitrogens with zero attached hydrogens (tertiary/aromatic N) is 1. The highest BCUT2D eigenvalue weighted by Crippen LogP contribution is 2.82. The summed E-state index contributed by atoms with van der Waals surface area (Å²) in [6.07, 6.45) is 1.35. The van der Waals surface area contributed by atoms with E-state index in [4.69, 9.17) is 9.47 Å². The average molecular weight is 339 g/mol. The summed E-state index contributed by atoms with van der Waals surface area (Å²) in [4.78, 5) is 15.3. The number of Topliss-reactive ketones (excluding diaryl/α,β-unsaturated/α-hetero) is 1. The molecular weight excluding hydrogens is 314 g/mol. The molecule has 6 rings (SSSR count). The molecule has 0 aromatic heterocycles. The molecule has 5 aliphatic rings. The van der Waals surface area contributed by atoms with Gasteiger partial charge < -0.3 is 9.47 Å². The van der Waals surface area contributed by atoms with Crippen LogP contribution in [0.15, 0.2) is 18.2 Å². The van der Waals surface area contributed by atoms with Gasteiger partial charge in [0.1, 0.15) is 5.78 Å². The number of carbonyl (C=O) groups is 1. The number of hydrogen-bond acceptors (Lipinski definition) is 4. The molecule has 4 nitrogen and oxygen atoms in total. The summed E-state index contributed by atoms with van der Waals surface area (Å²) >= 11 is 0. The van der Waals surface area contributed by atoms with E-state index in [9.17, 15) is 4.79 Å². The van der Waals surface area contributed by atoms with Gasteiger partial charge in [0.15, 0.2) is 11.5 Å². The van der Waals surface area contributed by atoms with Crippen molar-refractivity contribution in [2.75, 3.05) is 21.3 Å². The Kier molecular flexibility index (Phi) is 2.68. The molecule has 25 heavy (non-hydrogen) atoms. The normalized spacial score (nSPS) is 47.0. The van der Waals surface area contributed by atoms with Gasteiger partial charge in [-0.05, 0) is 66.7 Å². The second kappa shape index (κ2) is 4.59. The van der Waals surface area contributed by atoms with E-state index in [2.05, 4.69) is 24.1 Å². The third-order valence-corrected chi connectivity index (χ3v) is 8.46. The molecule has 0 heterocycles. The van der Waals surface area contributed by atoms with Crippen molar-refractivity contribution >= 4 is 5.78 Å². The number of benzene rings is 1.